The lowest BCUT2D eigenvalue weighted by molar-refractivity contribution is -0.384. The fourth-order valence-corrected chi connectivity index (χ4v) is 4.30. The number of ether oxygens (including phenoxy) is 1. The van der Waals surface area contributed by atoms with Crippen LogP contribution in [-0.4, -0.2) is 57.5 Å². The SMILES string of the molecule is Cc1nc2c(c(N3C[C@H](C)O[C@@H](C)C3)n1)CN(C(=O)/C=C/c1ccc([N+](=O)[O-])cc1)CC2. The van der Waals surface area contributed by atoms with Gasteiger partial charge in [0, 0.05) is 49.8 Å². The molecule has 2 aromatic rings. The summed E-state index contributed by atoms with van der Waals surface area (Å²) in [6.45, 7) is 8.56. The standard InChI is InChI=1S/C23H27N5O4/c1-15-12-27(13-16(2)32-15)23-20-14-26(11-10-21(20)24-17(3)25-23)22(29)9-6-18-4-7-19(8-5-18)28(30)31/h4-9,15-16H,10-14H2,1-3H3/b9-6+/t15-,16-/m0/s1. The Bertz CT molecular complexity index is 1040. The molecule has 0 bridgehead atoms. The summed E-state index contributed by atoms with van der Waals surface area (Å²) in [6.07, 6.45) is 4.09. The van der Waals surface area contributed by atoms with Gasteiger partial charge in [-0.3, -0.25) is 14.9 Å². The fraction of sp³-hybridized carbons (Fsp3) is 0.435. The zero-order valence-electron chi connectivity index (χ0n) is 18.5. The smallest absolute Gasteiger partial charge is 0.269 e. The molecule has 0 unspecified atom stereocenters. The molecule has 1 saturated heterocycles. The van der Waals surface area contributed by atoms with Crippen molar-refractivity contribution in [1.29, 1.82) is 0 Å². The van der Waals surface area contributed by atoms with Crippen molar-refractivity contribution in [2.24, 2.45) is 0 Å². The van der Waals surface area contributed by atoms with Gasteiger partial charge in [-0.15, -0.1) is 0 Å². The van der Waals surface area contributed by atoms with Crippen LogP contribution < -0.4 is 4.90 Å². The summed E-state index contributed by atoms with van der Waals surface area (Å²) >= 11 is 0. The van der Waals surface area contributed by atoms with E-state index in [1.165, 1.54) is 18.2 Å². The van der Waals surface area contributed by atoms with E-state index in [0.29, 0.717) is 19.5 Å². The van der Waals surface area contributed by atoms with Crippen LogP contribution >= 0.6 is 0 Å². The molecule has 9 nitrogen and oxygen atoms in total. The minimum atomic E-state index is -0.443. The van der Waals surface area contributed by atoms with Crippen molar-refractivity contribution in [1.82, 2.24) is 14.9 Å². The van der Waals surface area contributed by atoms with Gasteiger partial charge in [0.25, 0.3) is 5.69 Å². The van der Waals surface area contributed by atoms with Crippen LogP contribution in [0.1, 0.15) is 36.5 Å². The number of amides is 1. The normalized spacial score (nSPS) is 21.0. The number of benzene rings is 1. The fourth-order valence-electron chi connectivity index (χ4n) is 4.30. The van der Waals surface area contributed by atoms with Gasteiger partial charge in [-0.25, -0.2) is 9.97 Å². The molecule has 0 radical (unpaired) electrons. The summed E-state index contributed by atoms with van der Waals surface area (Å²) in [4.78, 5) is 36.6. The Labute approximate surface area is 186 Å². The largest absolute Gasteiger partial charge is 0.372 e. The van der Waals surface area contributed by atoms with E-state index in [2.05, 4.69) is 23.7 Å². The van der Waals surface area contributed by atoms with E-state index in [0.717, 1.165) is 41.6 Å². The number of nitrogens with zero attached hydrogens (tertiary/aromatic N) is 5. The van der Waals surface area contributed by atoms with E-state index >= 15 is 0 Å². The van der Waals surface area contributed by atoms with Crippen LogP contribution in [0.4, 0.5) is 11.5 Å². The van der Waals surface area contributed by atoms with E-state index in [1.54, 1.807) is 23.1 Å². The molecule has 0 saturated carbocycles. The van der Waals surface area contributed by atoms with Gasteiger partial charge in [-0.05, 0) is 44.5 Å². The van der Waals surface area contributed by atoms with Crippen LogP contribution in [-0.2, 0) is 22.5 Å². The second-order valence-corrected chi connectivity index (χ2v) is 8.37. The number of hydrogen-bond acceptors (Lipinski definition) is 7. The molecule has 2 aliphatic rings. The lowest BCUT2D eigenvalue weighted by Crippen LogP contribution is -2.47. The zero-order chi connectivity index (χ0) is 22.8. The van der Waals surface area contributed by atoms with Crippen LogP contribution in [0.3, 0.4) is 0 Å². The van der Waals surface area contributed by atoms with E-state index in [9.17, 15) is 14.9 Å². The lowest BCUT2D eigenvalue weighted by Gasteiger charge is -2.38. The minimum Gasteiger partial charge on any atom is -0.372 e. The van der Waals surface area contributed by atoms with Crippen LogP contribution in [0.5, 0.6) is 0 Å². The highest BCUT2D eigenvalue weighted by Crippen LogP contribution is 2.29. The van der Waals surface area contributed by atoms with Crippen molar-refractivity contribution < 1.29 is 14.5 Å². The zero-order valence-corrected chi connectivity index (χ0v) is 18.5. The van der Waals surface area contributed by atoms with E-state index in [1.807, 2.05) is 6.92 Å². The molecular weight excluding hydrogens is 410 g/mol. The highest BCUT2D eigenvalue weighted by atomic mass is 16.6. The molecule has 1 amide bonds. The average molecular weight is 438 g/mol. The van der Waals surface area contributed by atoms with Crippen molar-refractivity contribution in [2.45, 2.75) is 45.9 Å². The summed E-state index contributed by atoms with van der Waals surface area (Å²) in [5, 5.41) is 10.8. The molecule has 1 aromatic carbocycles. The Morgan fingerprint density at radius 1 is 1.19 bits per heavy atom. The molecular formula is C23H27N5O4. The molecule has 0 aliphatic carbocycles. The third-order valence-electron chi connectivity index (χ3n) is 5.70. The summed E-state index contributed by atoms with van der Waals surface area (Å²) in [7, 11) is 0. The first-order valence-electron chi connectivity index (χ1n) is 10.8. The Hall–Kier alpha value is -3.33. The van der Waals surface area contributed by atoms with Crippen LogP contribution in [0.25, 0.3) is 6.08 Å². The summed E-state index contributed by atoms with van der Waals surface area (Å²) in [5.41, 5.74) is 2.76. The van der Waals surface area contributed by atoms with Crippen molar-refractivity contribution in [3.8, 4) is 0 Å². The van der Waals surface area contributed by atoms with Gasteiger partial charge in [0.2, 0.25) is 5.91 Å². The van der Waals surface area contributed by atoms with E-state index < -0.39 is 4.92 Å². The number of carbonyl (C=O) groups is 1. The number of aromatic nitrogens is 2. The van der Waals surface area contributed by atoms with Gasteiger partial charge in [-0.1, -0.05) is 0 Å². The first kappa shape index (κ1) is 21.9. The molecule has 0 N–H and O–H groups in total. The number of anilines is 1. The maximum absolute atomic E-state index is 12.9. The van der Waals surface area contributed by atoms with Gasteiger partial charge in [0.1, 0.15) is 11.6 Å². The van der Waals surface area contributed by atoms with Crippen molar-refractivity contribution in [3.63, 3.8) is 0 Å². The number of rotatable bonds is 4. The summed E-state index contributed by atoms with van der Waals surface area (Å²) in [5.74, 6) is 1.53. The molecule has 2 atom stereocenters. The first-order chi connectivity index (χ1) is 15.3. The van der Waals surface area contributed by atoms with Gasteiger partial charge in [0.15, 0.2) is 0 Å². The number of non-ortho nitro benzene ring substituents is 1. The molecule has 1 aromatic heterocycles. The molecule has 4 rings (SSSR count). The topological polar surface area (TPSA) is 102 Å². The molecule has 2 aliphatic heterocycles. The van der Waals surface area contributed by atoms with Gasteiger partial charge >= 0.3 is 0 Å². The van der Waals surface area contributed by atoms with Crippen LogP contribution in [0.15, 0.2) is 30.3 Å². The molecule has 1 fully saturated rings. The Morgan fingerprint density at radius 3 is 2.53 bits per heavy atom. The Balaban J connectivity index is 1.52. The third-order valence-corrected chi connectivity index (χ3v) is 5.70. The van der Waals surface area contributed by atoms with Crippen molar-refractivity contribution >= 4 is 23.5 Å². The highest BCUT2D eigenvalue weighted by molar-refractivity contribution is 5.92. The van der Waals surface area contributed by atoms with Gasteiger partial charge in [-0.2, -0.15) is 0 Å². The average Bonchev–Trinajstić information content (AvgIpc) is 2.76. The predicted molar refractivity (Wildman–Crippen MR) is 120 cm³/mol. The van der Waals surface area contributed by atoms with Crippen molar-refractivity contribution in [3.05, 3.63) is 63.1 Å². The number of fused-ring (bicyclic) bond motifs is 1. The second-order valence-electron chi connectivity index (χ2n) is 8.37. The van der Waals surface area contributed by atoms with Gasteiger partial charge < -0.3 is 14.5 Å². The van der Waals surface area contributed by atoms with Crippen LogP contribution in [0, 0.1) is 17.0 Å². The second kappa shape index (κ2) is 9.04. The molecule has 0 spiro atoms. The Kier molecular flexibility index (Phi) is 6.18. The van der Waals surface area contributed by atoms with Gasteiger partial charge in [0.05, 0.1) is 29.4 Å². The molecule has 9 heteroatoms. The number of aryl methyl sites for hydroxylation is 1. The quantitative estimate of drug-likeness (QED) is 0.412. The highest BCUT2D eigenvalue weighted by Gasteiger charge is 2.30. The Morgan fingerprint density at radius 2 is 1.88 bits per heavy atom. The number of hydrogen-bond donors (Lipinski definition) is 0. The number of nitro groups is 1. The molecule has 3 heterocycles. The maximum atomic E-state index is 12.9. The summed E-state index contributed by atoms with van der Waals surface area (Å²) in [6, 6.07) is 6.11. The lowest BCUT2D eigenvalue weighted by atomic mass is 10.0. The number of carbonyl (C=O) groups excluding carboxylic acids is 1. The molecule has 168 valence electrons. The summed E-state index contributed by atoms with van der Waals surface area (Å²) < 4.78 is 5.87. The van der Waals surface area contributed by atoms with E-state index in [4.69, 9.17) is 9.72 Å². The number of nitro benzene ring substituents is 1. The third kappa shape index (κ3) is 4.77. The maximum Gasteiger partial charge on any atom is 0.269 e. The monoisotopic (exact) mass is 437 g/mol. The predicted octanol–water partition coefficient (Wildman–Crippen LogP) is 2.90. The van der Waals surface area contributed by atoms with Crippen molar-refractivity contribution in [2.75, 3.05) is 24.5 Å². The molecule has 32 heavy (non-hydrogen) atoms. The minimum absolute atomic E-state index is 0.0238. The van der Waals surface area contributed by atoms with Crippen LogP contribution in [0.2, 0.25) is 0 Å². The van der Waals surface area contributed by atoms with E-state index in [-0.39, 0.29) is 23.8 Å². The number of morpholine rings is 1. The first-order valence-corrected chi connectivity index (χ1v) is 10.8.